The number of hydrogen-bond acceptors (Lipinski definition) is 6. The lowest BCUT2D eigenvalue weighted by Crippen LogP contribution is -2.23. The van der Waals surface area contributed by atoms with Crippen molar-refractivity contribution in [2.45, 2.75) is 12.8 Å². The predicted octanol–water partition coefficient (Wildman–Crippen LogP) is 4.39. The molecule has 0 aromatic heterocycles. The third-order valence-corrected chi connectivity index (χ3v) is 5.65. The van der Waals surface area contributed by atoms with Crippen molar-refractivity contribution in [3.63, 3.8) is 0 Å². The number of carbonyl (C=O) groups excluding carboxylic acids is 2. The number of hydrogen-bond donors (Lipinski definition) is 2. The number of nitrogens with one attached hydrogen (secondary N) is 2. The van der Waals surface area contributed by atoms with Gasteiger partial charge >= 0.3 is 0 Å². The van der Waals surface area contributed by atoms with Gasteiger partial charge in [-0.05, 0) is 33.7 Å². The number of hydrazone groups is 2. The second kappa shape index (κ2) is 11.6. The lowest BCUT2D eigenvalue weighted by molar-refractivity contribution is -0.126. The summed E-state index contributed by atoms with van der Waals surface area (Å²) < 4.78 is 10.8. The first-order chi connectivity index (χ1) is 17.6. The number of ether oxygens (including phenoxy) is 2. The van der Waals surface area contributed by atoms with Crippen molar-refractivity contribution >= 4 is 45.8 Å². The zero-order valence-electron chi connectivity index (χ0n) is 20.0. The average molecular weight is 483 g/mol. The van der Waals surface area contributed by atoms with E-state index in [9.17, 15) is 9.59 Å². The van der Waals surface area contributed by atoms with Crippen LogP contribution in [0.15, 0.2) is 83.0 Å². The van der Waals surface area contributed by atoms with Crippen LogP contribution in [0.2, 0.25) is 0 Å². The van der Waals surface area contributed by atoms with E-state index in [2.05, 4.69) is 21.1 Å². The first-order valence-electron chi connectivity index (χ1n) is 11.4. The molecule has 0 heterocycles. The van der Waals surface area contributed by atoms with E-state index in [0.717, 1.165) is 32.7 Å². The molecule has 0 spiro atoms. The molecule has 0 saturated heterocycles. The van der Waals surface area contributed by atoms with Crippen molar-refractivity contribution in [2.24, 2.45) is 10.2 Å². The molecule has 0 aliphatic heterocycles. The highest BCUT2D eigenvalue weighted by atomic mass is 16.5. The van der Waals surface area contributed by atoms with Crippen LogP contribution in [-0.2, 0) is 9.59 Å². The molecule has 4 aromatic carbocycles. The van der Waals surface area contributed by atoms with Crippen molar-refractivity contribution < 1.29 is 19.1 Å². The highest BCUT2D eigenvalue weighted by molar-refractivity contribution is 6.03. The summed E-state index contributed by atoms with van der Waals surface area (Å²) in [5.74, 6) is 0.513. The van der Waals surface area contributed by atoms with Gasteiger partial charge in [-0.3, -0.25) is 9.59 Å². The van der Waals surface area contributed by atoms with Gasteiger partial charge in [-0.1, -0.05) is 60.7 Å². The van der Waals surface area contributed by atoms with Crippen LogP contribution in [0.4, 0.5) is 0 Å². The van der Waals surface area contributed by atoms with E-state index in [0.29, 0.717) is 11.5 Å². The third-order valence-electron chi connectivity index (χ3n) is 5.65. The Bertz CT molecular complexity index is 1350. The predicted molar refractivity (Wildman–Crippen MR) is 142 cm³/mol. The monoisotopic (exact) mass is 482 g/mol. The van der Waals surface area contributed by atoms with Crippen molar-refractivity contribution in [2.75, 3.05) is 14.2 Å². The Hall–Kier alpha value is -4.72. The van der Waals surface area contributed by atoms with Crippen LogP contribution in [-0.4, -0.2) is 38.5 Å². The van der Waals surface area contributed by atoms with E-state index in [4.69, 9.17) is 9.47 Å². The van der Waals surface area contributed by atoms with E-state index in [1.807, 2.05) is 72.8 Å². The average Bonchev–Trinajstić information content (AvgIpc) is 2.92. The molecule has 0 bridgehead atoms. The van der Waals surface area contributed by atoms with Gasteiger partial charge in [-0.2, -0.15) is 10.2 Å². The zero-order valence-corrected chi connectivity index (χ0v) is 20.0. The molecule has 36 heavy (non-hydrogen) atoms. The fraction of sp³-hybridized carbons (Fsp3) is 0.143. The lowest BCUT2D eigenvalue weighted by Gasteiger charge is -2.08. The molecule has 0 unspecified atom stereocenters. The molecule has 4 rings (SSSR count). The summed E-state index contributed by atoms with van der Waals surface area (Å²) in [6, 6.07) is 23.3. The molecule has 0 radical (unpaired) electrons. The zero-order chi connectivity index (χ0) is 25.3. The molecule has 8 heteroatoms. The minimum absolute atomic E-state index is 0.0387. The Morgan fingerprint density at radius 3 is 1.50 bits per heavy atom. The molecule has 0 atom stereocenters. The van der Waals surface area contributed by atoms with E-state index in [-0.39, 0.29) is 24.7 Å². The van der Waals surface area contributed by atoms with Crippen LogP contribution in [0, 0.1) is 0 Å². The summed E-state index contributed by atoms with van der Waals surface area (Å²) in [5, 5.41) is 12.1. The summed E-state index contributed by atoms with van der Waals surface area (Å²) in [6.45, 7) is 0. The Labute approximate surface area is 208 Å². The van der Waals surface area contributed by atoms with E-state index >= 15 is 0 Å². The van der Waals surface area contributed by atoms with Crippen molar-refractivity contribution in [3.8, 4) is 11.5 Å². The van der Waals surface area contributed by atoms with Crippen molar-refractivity contribution in [1.29, 1.82) is 0 Å². The first-order valence-corrected chi connectivity index (χ1v) is 11.4. The molecular formula is C28H26N4O4. The van der Waals surface area contributed by atoms with Gasteiger partial charge in [-0.25, -0.2) is 10.9 Å². The summed E-state index contributed by atoms with van der Waals surface area (Å²) >= 11 is 0. The second-order valence-electron chi connectivity index (χ2n) is 7.89. The number of fused-ring (bicyclic) bond motifs is 2. The minimum Gasteiger partial charge on any atom is -0.496 e. The van der Waals surface area contributed by atoms with Crippen LogP contribution < -0.4 is 20.3 Å². The topological polar surface area (TPSA) is 101 Å². The van der Waals surface area contributed by atoms with Gasteiger partial charge in [0.25, 0.3) is 0 Å². The van der Waals surface area contributed by atoms with Gasteiger partial charge in [0.05, 0.1) is 26.6 Å². The van der Waals surface area contributed by atoms with Gasteiger partial charge in [0.15, 0.2) is 0 Å². The summed E-state index contributed by atoms with van der Waals surface area (Å²) in [5.41, 5.74) is 6.43. The van der Waals surface area contributed by atoms with Crippen molar-refractivity contribution in [1.82, 2.24) is 10.9 Å². The Kier molecular flexibility index (Phi) is 7.87. The Balaban J connectivity index is 1.32. The molecule has 8 nitrogen and oxygen atoms in total. The van der Waals surface area contributed by atoms with Crippen molar-refractivity contribution in [3.05, 3.63) is 83.9 Å². The summed E-state index contributed by atoms with van der Waals surface area (Å²) in [6.07, 6.45) is 3.01. The fourth-order valence-electron chi connectivity index (χ4n) is 3.85. The number of methoxy groups -OCH3 is 2. The minimum atomic E-state index is -0.389. The van der Waals surface area contributed by atoms with Gasteiger partial charge in [0, 0.05) is 24.0 Å². The fourth-order valence-corrected chi connectivity index (χ4v) is 3.85. The maximum absolute atomic E-state index is 12.2. The summed E-state index contributed by atoms with van der Waals surface area (Å²) in [4.78, 5) is 24.4. The molecule has 0 saturated carbocycles. The Morgan fingerprint density at radius 1 is 0.667 bits per heavy atom. The number of carbonyl (C=O) groups is 2. The third kappa shape index (κ3) is 5.67. The number of benzene rings is 4. The normalized spacial score (nSPS) is 11.3. The van der Waals surface area contributed by atoms with Gasteiger partial charge in [0.1, 0.15) is 11.5 Å². The molecule has 182 valence electrons. The van der Waals surface area contributed by atoms with E-state index < -0.39 is 0 Å². The van der Waals surface area contributed by atoms with E-state index in [1.54, 1.807) is 26.6 Å². The largest absolute Gasteiger partial charge is 0.496 e. The van der Waals surface area contributed by atoms with Gasteiger partial charge in [0.2, 0.25) is 11.8 Å². The van der Waals surface area contributed by atoms with Crippen LogP contribution >= 0.6 is 0 Å². The SMILES string of the molecule is COc1ccc2ccccc2c1/C=N\NC(=O)CCC(=O)N/N=C\c1c(OC)ccc2ccccc12. The highest BCUT2D eigenvalue weighted by Gasteiger charge is 2.09. The number of nitrogens with zero attached hydrogens (tertiary/aromatic N) is 2. The maximum atomic E-state index is 12.2. The second-order valence-corrected chi connectivity index (χ2v) is 7.89. The maximum Gasteiger partial charge on any atom is 0.240 e. The summed E-state index contributed by atoms with van der Waals surface area (Å²) in [7, 11) is 3.16. The highest BCUT2D eigenvalue weighted by Crippen LogP contribution is 2.27. The Morgan fingerprint density at radius 2 is 1.08 bits per heavy atom. The van der Waals surface area contributed by atoms with Crippen LogP contribution in [0.3, 0.4) is 0 Å². The molecule has 0 aliphatic carbocycles. The number of amides is 2. The molecule has 4 aromatic rings. The lowest BCUT2D eigenvalue weighted by atomic mass is 10.0. The quantitative estimate of drug-likeness (QED) is 0.273. The molecule has 2 amide bonds. The van der Waals surface area contributed by atoms with Crippen LogP contribution in [0.5, 0.6) is 11.5 Å². The number of rotatable bonds is 9. The standard InChI is InChI=1S/C28H26N4O4/c1-35-25-13-11-19-7-3-5-9-21(19)23(25)17-29-31-27(33)15-16-28(34)32-30-18-24-22-10-6-4-8-20(22)12-14-26(24)36-2/h3-14,17-18H,15-16H2,1-2H3,(H,31,33)(H,32,34)/b29-17-,30-18-. The van der Waals surface area contributed by atoms with Gasteiger partial charge in [-0.15, -0.1) is 0 Å². The van der Waals surface area contributed by atoms with Crippen LogP contribution in [0.25, 0.3) is 21.5 Å². The first kappa shape index (κ1) is 24.4. The smallest absolute Gasteiger partial charge is 0.240 e. The molecule has 2 N–H and O–H groups in total. The van der Waals surface area contributed by atoms with Crippen LogP contribution in [0.1, 0.15) is 24.0 Å². The van der Waals surface area contributed by atoms with Gasteiger partial charge < -0.3 is 9.47 Å². The molecular weight excluding hydrogens is 456 g/mol. The molecule has 0 aliphatic rings. The molecule has 0 fully saturated rings. The van der Waals surface area contributed by atoms with E-state index in [1.165, 1.54) is 0 Å².